The van der Waals surface area contributed by atoms with Gasteiger partial charge >= 0.3 is 12.1 Å². The highest BCUT2D eigenvalue weighted by Gasteiger charge is 2.33. The molecule has 5 rings (SSSR count). The molecule has 2 aliphatic heterocycles. The van der Waals surface area contributed by atoms with Gasteiger partial charge in [0.05, 0.1) is 29.5 Å². The number of nitriles is 1. The quantitative estimate of drug-likeness (QED) is 0.371. The molecule has 2 fully saturated rings. The number of hydrogen-bond acceptors (Lipinski definition) is 10. The lowest BCUT2D eigenvalue weighted by Gasteiger charge is -2.39. The number of likely N-dealkylation sites (tertiary alicyclic amines) is 1. The van der Waals surface area contributed by atoms with Crippen molar-refractivity contribution in [2.75, 3.05) is 58.6 Å². The fourth-order valence-corrected chi connectivity index (χ4v) is 5.42. The molecule has 14 heteroatoms. The number of halogens is 2. The third-order valence-corrected chi connectivity index (χ3v) is 7.62. The second-order valence-electron chi connectivity index (χ2n) is 10.2. The van der Waals surface area contributed by atoms with Crippen molar-refractivity contribution < 1.29 is 32.9 Å². The standard InChI is InChI=1S/C28H31F2N7O5/c1-35-10-4-5-18(35)15-41-27-33-24-19(26(34-27)36-11-12-37(28(38)39)17(14-36)8-9-31)13-32-25(23(24)30)22-20(29)6-3-7-21(22)42-16-40-2/h3,6-7,13,17-18H,4-5,8,10-12,14-16H2,1-2H3,(H,38,39)/t17-,18-/m0/s1. The van der Waals surface area contributed by atoms with E-state index in [9.17, 15) is 15.2 Å². The molecule has 0 saturated carbocycles. The average molecular weight is 584 g/mol. The number of benzene rings is 1. The van der Waals surface area contributed by atoms with Crippen molar-refractivity contribution in [2.45, 2.75) is 31.3 Å². The Morgan fingerprint density at radius 1 is 1.19 bits per heavy atom. The Labute approximate surface area is 241 Å². The molecule has 2 aromatic heterocycles. The number of carboxylic acid groups (broad SMARTS) is 1. The molecule has 1 aromatic carbocycles. The maximum Gasteiger partial charge on any atom is 0.407 e. The van der Waals surface area contributed by atoms with Crippen LogP contribution in [0.3, 0.4) is 0 Å². The predicted molar refractivity (Wildman–Crippen MR) is 147 cm³/mol. The van der Waals surface area contributed by atoms with Gasteiger partial charge in [-0.1, -0.05) is 6.07 Å². The number of carbonyl (C=O) groups is 1. The Balaban J connectivity index is 1.60. The van der Waals surface area contributed by atoms with Gasteiger partial charge in [-0.3, -0.25) is 4.98 Å². The minimum atomic E-state index is -1.12. The Bertz CT molecular complexity index is 1500. The summed E-state index contributed by atoms with van der Waals surface area (Å²) in [6.45, 7) is 1.52. The third-order valence-electron chi connectivity index (χ3n) is 7.62. The molecule has 0 radical (unpaired) electrons. The summed E-state index contributed by atoms with van der Waals surface area (Å²) in [6.07, 6.45) is 2.16. The molecular formula is C28H31F2N7O5. The topological polar surface area (TPSA) is 137 Å². The minimum absolute atomic E-state index is 0.0303. The number of aromatic nitrogens is 3. The lowest BCUT2D eigenvalue weighted by molar-refractivity contribution is 0.0513. The zero-order valence-corrected chi connectivity index (χ0v) is 23.3. The SMILES string of the molecule is COCOc1cccc(F)c1-c1ncc2c(N3CCN(C(=O)O)[C@@H](CC#N)C3)nc(OC[C@@H]3CCCN3C)nc2c1F. The molecule has 1 amide bonds. The molecule has 2 aliphatic rings. The number of likely N-dealkylation sites (N-methyl/N-ethyl adjacent to an activating group) is 1. The van der Waals surface area contributed by atoms with E-state index < -0.39 is 23.8 Å². The highest BCUT2D eigenvalue weighted by atomic mass is 19.1. The van der Waals surface area contributed by atoms with E-state index in [1.54, 1.807) is 4.90 Å². The van der Waals surface area contributed by atoms with Crippen LogP contribution in [0.25, 0.3) is 22.2 Å². The van der Waals surface area contributed by atoms with Crippen molar-refractivity contribution in [3.8, 4) is 29.1 Å². The second-order valence-corrected chi connectivity index (χ2v) is 10.2. The molecule has 4 heterocycles. The molecule has 2 atom stereocenters. The van der Waals surface area contributed by atoms with E-state index in [0.717, 1.165) is 19.4 Å². The van der Waals surface area contributed by atoms with Crippen LogP contribution in [0.15, 0.2) is 24.4 Å². The fraction of sp³-hybridized carbons (Fsp3) is 0.464. The van der Waals surface area contributed by atoms with Crippen LogP contribution in [0, 0.1) is 23.0 Å². The Hall–Kier alpha value is -4.35. The van der Waals surface area contributed by atoms with Crippen molar-refractivity contribution in [1.29, 1.82) is 5.26 Å². The lowest BCUT2D eigenvalue weighted by atomic mass is 10.1. The average Bonchev–Trinajstić information content (AvgIpc) is 3.39. The number of ether oxygens (including phenoxy) is 3. The Morgan fingerprint density at radius 3 is 2.74 bits per heavy atom. The first-order valence-electron chi connectivity index (χ1n) is 13.5. The van der Waals surface area contributed by atoms with Gasteiger partial charge in [0.2, 0.25) is 0 Å². The van der Waals surface area contributed by atoms with Gasteiger partial charge < -0.3 is 34.0 Å². The summed E-state index contributed by atoms with van der Waals surface area (Å²) in [5.74, 6) is -1.32. The monoisotopic (exact) mass is 583 g/mol. The van der Waals surface area contributed by atoms with Crippen molar-refractivity contribution >= 4 is 22.8 Å². The molecular weight excluding hydrogens is 552 g/mol. The largest absolute Gasteiger partial charge is 0.467 e. The summed E-state index contributed by atoms with van der Waals surface area (Å²) in [4.78, 5) is 30.2. The molecule has 12 nitrogen and oxygen atoms in total. The van der Waals surface area contributed by atoms with E-state index in [1.807, 2.05) is 13.1 Å². The number of methoxy groups -OCH3 is 1. The van der Waals surface area contributed by atoms with E-state index in [2.05, 4.69) is 19.9 Å². The van der Waals surface area contributed by atoms with Gasteiger partial charge in [0.1, 0.15) is 35.2 Å². The highest BCUT2D eigenvalue weighted by Crippen LogP contribution is 2.37. The number of pyridine rings is 1. The Morgan fingerprint density at radius 2 is 2.02 bits per heavy atom. The summed E-state index contributed by atoms with van der Waals surface area (Å²) in [5.41, 5.74) is -0.637. The normalized spacial score (nSPS) is 19.2. The van der Waals surface area contributed by atoms with E-state index in [1.165, 1.54) is 36.4 Å². The molecule has 3 aromatic rings. The fourth-order valence-electron chi connectivity index (χ4n) is 5.42. The molecule has 222 valence electrons. The van der Waals surface area contributed by atoms with Gasteiger partial charge in [0.25, 0.3) is 0 Å². The van der Waals surface area contributed by atoms with Crippen LogP contribution < -0.4 is 14.4 Å². The number of amides is 1. The van der Waals surface area contributed by atoms with Crippen LogP contribution in [0.1, 0.15) is 19.3 Å². The van der Waals surface area contributed by atoms with Gasteiger partial charge in [-0.05, 0) is 38.6 Å². The third kappa shape index (κ3) is 5.83. The van der Waals surface area contributed by atoms with Gasteiger partial charge in [0.15, 0.2) is 12.6 Å². The van der Waals surface area contributed by atoms with Gasteiger partial charge in [-0.25, -0.2) is 13.6 Å². The van der Waals surface area contributed by atoms with E-state index in [-0.39, 0.29) is 85.2 Å². The summed E-state index contributed by atoms with van der Waals surface area (Å²) in [5, 5.41) is 19.2. The zero-order chi connectivity index (χ0) is 29.8. The molecule has 0 aliphatic carbocycles. The van der Waals surface area contributed by atoms with Crippen molar-refractivity contribution in [3.05, 3.63) is 36.0 Å². The minimum Gasteiger partial charge on any atom is -0.467 e. The summed E-state index contributed by atoms with van der Waals surface area (Å²) >= 11 is 0. The zero-order valence-electron chi connectivity index (χ0n) is 23.3. The smallest absolute Gasteiger partial charge is 0.407 e. The van der Waals surface area contributed by atoms with Crippen molar-refractivity contribution in [3.63, 3.8) is 0 Å². The van der Waals surface area contributed by atoms with Gasteiger partial charge in [-0.2, -0.15) is 15.2 Å². The highest BCUT2D eigenvalue weighted by molar-refractivity contribution is 5.92. The van der Waals surface area contributed by atoms with Crippen molar-refractivity contribution in [2.24, 2.45) is 0 Å². The molecule has 2 saturated heterocycles. The van der Waals surface area contributed by atoms with E-state index in [0.29, 0.717) is 0 Å². The molecule has 1 N–H and O–H groups in total. The molecule has 0 bridgehead atoms. The molecule has 0 spiro atoms. The van der Waals surface area contributed by atoms with Gasteiger partial charge in [0, 0.05) is 39.0 Å². The first-order valence-corrected chi connectivity index (χ1v) is 13.5. The maximum absolute atomic E-state index is 16.3. The first kappa shape index (κ1) is 29.2. The summed E-state index contributed by atoms with van der Waals surface area (Å²) in [6, 6.07) is 5.57. The van der Waals surface area contributed by atoms with Crippen LogP contribution in [0.5, 0.6) is 11.8 Å². The molecule has 42 heavy (non-hydrogen) atoms. The van der Waals surface area contributed by atoms with Crippen molar-refractivity contribution in [1.82, 2.24) is 24.8 Å². The van der Waals surface area contributed by atoms with Crippen LogP contribution >= 0.6 is 0 Å². The number of rotatable bonds is 9. The summed E-state index contributed by atoms with van der Waals surface area (Å²) in [7, 11) is 3.41. The Kier molecular flexibility index (Phi) is 8.79. The van der Waals surface area contributed by atoms with Gasteiger partial charge in [-0.15, -0.1) is 0 Å². The predicted octanol–water partition coefficient (Wildman–Crippen LogP) is 3.51. The van der Waals surface area contributed by atoms with Crippen LogP contribution in [0.4, 0.5) is 19.4 Å². The summed E-state index contributed by atoms with van der Waals surface area (Å²) < 4.78 is 47.8. The number of piperazine rings is 1. The second kappa shape index (κ2) is 12.7. The number of hydrogen-bond donors (Lipinski definition) is 1. The maximum atomic E-state index is 16.3. The number of nitrogens with zero attached hydrogens (tertiary/aromatic N) is 7. The molecule has 0 unspecified atom stereocenters. The van der Waals surface area contributed by atoms with Crippen LogP contribution in [-0.4, -0.2) is 102 Å². The van der Waals surface area contributed by atoms with E-state index >= 15 is 8.78 Å². The number of anilines is 1. The van der Waals surface area contributed by atoms with Crippen LogP contribution in [0.2, 0.25) is 0 Å². The van der Waals surface area contributed by atoms with E-state index in [4.69, 9.17) is 14.2 Å². The first-order chi connectivity index (χ1) is 20.3. The number of fused-ring (bicyclic) bond motifs is 1. The lowest BCUT2D eigenvalue weighted by Crippen LogP contribution is -2.55. The van der Waals surface area contributed by atoms with Crippen LogP contribution in [-0.2, 0) is 4.74 Å².